The van der Waals surface area contributed by atoms with E-state index in [1.165, 1.54) is 45.3 Å². The number of anilines is 1. The van der Waals surface area contributed by atoms with Crippen LogP contribution < -0.4 is 13.8 Å². The number of hydrogen-bond donors (Lipinski definition) is 0. The van der Waals surface area contributed by atoms with Crippen LogP contribution in [-0.4, -0.2) is 40.9 Å². The van der Waals surface area contributed by atoms with Gasteiger partial charge in [0, 0.05) is 18.2 Å². The van der Waals surface area contributed by atoms with Crippen molar-refractivity contribution in [2.45, 2.75) is 25.3 Å². The number of ketones is 1. The molecule has 0 aromatic heterocycles. The molecule has 0 bridgehead atoms. The molecule has 0 aliphatic heterocycles. The quantitative estimate of drug-likeness (QED) is 0.301. The van der Waals surface area contributed by atoms with Crippen molar-refractivity contribution >= 4 is 27.5 Å². The molecule has 0 atom stereocenters. The Kier molecular flexibility index (Phi) is 8.14. The topological polar surface area (TPSA) is 99.2 Å². The number of nitrogens with zero attached hydrogens (tertiary/aromatic N) is 1. The molecule has 0 spiro atoms. The van der Waals surface area contributed by atoms with Crippen LogP contribution in [0.5, 0.6) is 11.5 Å². The van der Waals surface area contributed by atoms with Crippen LogP contribution in [0.25, 0.3) is 0 Å². The number of para-hydroxylation sites is 2. The fourth-order valence-electron chi connectivity index (χ4n) is 3.37. The zero-order valence-corrected chi connectivity index (χ0v) is 20.8. The molecule has 184 valence electrons. The molecule has 0 fully saturated rings. The van der Waals surface area contributed by atoms with Crippen molar-refractivity contribution in [3.05, 3.63) is 83.4 Å². The number of carbonyl (C=O) groups excluding carboxylic acids is 2. The second-order valence-electron chi connectivity index (χ2n) is 7.56. The number of hydrogen-bond acceptors (Lipinski definition) is 7. The zero-order valence-electron chi connectivity index (χ0n) is 20.0. The molecule has 9 heteroatoms. The molecule has 3 rings (SSSR count). The van der Waals surface area contributed by atoms with E-state index in [9.17, 15) is 18.0 Å². The first kappa shape index (κ1) is 25.8. The molecule has 0 heterocycles. The van der Waals surface area contributed by atoms with Gasteiger partial charge in [-0.1, -0.05) is 12.1 Å². The van der Waals surface area contributed by atoms with Crippen LogP contribution in [0.4, 0.5) is 5.69 Å². The van der Waals surface area contributed by atoms with E-state index in [-0.39, 0.29) is 22.8 Å². The molecule has 0 aliphatic carbocycles. The first-order chi connectivity index (χ1) is 16.7. The Morgan fingerprint density at radius 2 is 1.57 bits per heavy atom. The highest BCUT2D eigenvalue weighted by atomic mass is 32.2. The van der Waals surface area contributed by atoms with E-state index in [0.717, 1.165) is 4.31 Å². The molecule has 0 unspecified atom stereocenters. The maximum absolute atomic E-state index is 13.1. The van der Waals surface area contributed by atoms with E-state index in [4.69, 9.17) is 14.2 Å². The molecule has 0 amide bonds. The van der Waals surface area contributed by atoms with Gasteiger partial charge in [0.25, 0.3) is 10.0 Å². The first-order valence-electron chi connectivity index (χ1n) is 10.8. The minimum absolute atomic E-state index is 0.00949. The minimum Gasteiger partial charge on any atom is -0.495 e. The van der Waals surface area contributed by atoms with Gasteiger partial charge < -0.3 is 14.2 Å². The van der Waals surface area contributed by atoms with E-state index >= 15 is 0 Å². The van der Waals surface area contributed by atoms with Crippen LogP contribution >= 0.6 is 0 Å². The van der Waals surface area contributed by atoms with Crippen molar-refractivity contribution in [1.82, 2.24) is 0 Å². The van der Waals surface area contributed by atoms with Crippen LogP contribution in [0.15, 0.2) is 71.6 Å². The van der Waals surface area contributed by atoms with Crippen LogP contribution in [0.1, 0.15) is 40.1 Å². The Hall–Kier alpha value is -3.85. The van der Waals surface area contributed by atoms with Gasteiger partial charge in [0.1, 0.15) is 18.1 Å². The Bertz CT molecular complexity index is 1320. The normalized spacial score (nSPS) is 11.0. The number of benzene rings is 3. The summed E-state index contributed by atoms with van der Waals surface area (Å²) in [4.78, 5) is 24.3. The Balaban J connectivity index is 1.76. The number of esters is 1. The maximum Gasteiger partial charge on any atom is 0.338 e. The molecule has 3 aromatic carbocycles. The van der Waals surface area contributed by atoms with Crippen LogP contribution in [0.2, 0.25) is 0 Å². The van der Waals surface area contributed by atoms with Gasteiger partial charge in [0.05, 0.1) is 29.9 Å². The second kappa shape index (κ2) is 11.1. The minimum atomic E-state index is -3.89. The van der Waals surface area contributed by atoms with Crippen molar-refractivity contribution in [2.75, 3.05) is 25.1 Å². The third-order valence-corrected chi connectivity index (χ3v) is 7.08. The molecular formula is C26H27NO7S. The summed E-state index contributed by atoms with van der Waals surface area (Å²) in [7, 11) is -0.998. The predicted octanol–water partition coefficient (Wildman–Crippen LogP) is 4.48. The van der Waals surface area contributed by atoms with Gasteiger partial charge >= 0.3 is 5.97 Å². The molecule has 0 aliphatic rings. The number of sulfonamides is 1. The van der Waals surface area contributed by atoms with Gasteiger partial charge in [-0.15, -0.1) is 0 Å². The highest BCUT2D eigenvalue weighted by Crippen LogP contribution is 2.31. The second-order valence-corrected chi connectivity index (χ2v) is 9.53. The Labute approximate surface area is 205 Å². The lowest BCUT2D eigenvalue weighted by atomic mass is 10.1. The summed E-state index contributed by atoms with van der Waals surface area (Å²) in [6.45, 7) is 3.59. The van der Waals surface area contributed by atoms with Crippen molar-refractivity contribution in [2.24, 2.45) is 0 Å². The zero-order chi connectivity index (χ0) is 25.6. The van der Waals surface area contributed by atoms with Gasteiger partial charge in [-0.05, 0) is 68.4 Å². The summed E-state index contributed by atoms with van der Waals surface area (Å²) in [6, 6.07) is 17.2. The molecule has 0 saturated heterocycles. The van der Waals surface area contributed by atoms with E-state index in [2.05, 4.69) is 0 Å². The summed E-state index contributed by atoms with van der Waals surface area (Å²) < 4.78 is 43.5. The largest absolute Gasteiger partial charge is 0.495 e. The van der Waals surface area contributed by atoms with E-state index in [1.54, 1.807) is 42.5 Å². The molecule has 35 heavy (non-hydrogen) atoms. The fraction of sp³-hybridized carbons (Fsp3) is 0.231. The van der Waals surface area contributed by atoms with Gasteiger partial charge in [0.2, 0.25) is 0 Å². The van der Waals surface area contributed by atoms with Crippen LogP contribution in [0, 0.1) is 0 Å². The van der Waals surface area contributed by atoms with Crippen molar-refractivity contribution in [1.29, 1.82) is 0 Å². The lowest BCUT2D eigenvalue weighted by Crippen LogP contribution is -2.27. The number of methoxy groups -OCH3 is 1. The standard InChI is InChI=1S/C26H27NO7S/c1-5-33-24-15-12-20(18(2)28)16-21(24)17-34-26(29)19-10-13-22(14-11-19)35(30,31)27(3)23-8-6-7-9-25(23)32-4/h6-16H,5,17H2,1-4H3. The van der Waals surface area contributed by atoms with Gasteiger partial charge in [-0.3, -0.25) is 9.10 Å². The monoisotopic (exact) mass is 497 g/mol. The number of ether oxygens (including phenoxy) is 3. The summed E-state index contributed by atoms with van der Waals surface area (Å²) in [5.74, 6) is 0.184. The summed E-state index contributed by atoms with van der Waals surface area (Å²) >= 11 is 0. The lowest BCUT2D eigenvalue weighted by Gasteiger charge is -2.21. The number of rotatable bonds is 10. The molecule has 0 radical (unpaired) electrons. The summed E-state index contributed by atoms with van der Waals surface area (Å²) in [5.41, 5.74) is 1.61. The van der Waals surface area contributed by atoms with Crippen molar-refractivity contribution in [3.8, 4) is 11.5 Å². The fourth-order valence-corrected chi connectivity index (χ4v) is 4.58. The highest BCUT2D eigenvalue weighted by molar-refractivity contribution is 7.92. The van der Waals surface area contributed by atoms with Gasteiger partial charge in [-0.2, -0.15) is 0 Å². The average molecular weight is 498 g/mol. The summed E-state index contributed by atoms with van der Waals surface area (Å²) in [5, 5.41) is 0. The highest BCUT2D eigenvalue weighted by Gasteiger charge is 2.24. The van der Waals surface area contributed by atoms with Gasteiger partial charge in [0.15, 0.2) is 5.78 Å². The Morgan fingerprint density at radius 1 is 0.914 bits per heavy atom. The molecular weight excluding hydrogens is 470 g/mol. The van der Waals surface area contributed by atoms with Crippen LogP contribution in [-0.2, 0) is 21.4 Å². The van der Waals surface area contributed by atoms with Crippen LogP contribution in [0.3, 0.4) is 0 Å². The number of Topliss-reactive ketones (excluding diaryl/α,β-unsaturated/α-hetero) is 1. The summed E-state index contributed by atoms with van der Waals surface area (Å²) in [6.07, 6.45) is 0. The third-order valence-electron chi connectivity index (χ3n) is 5.30. The molecule has 0 N–H and O–H groups in total. The van der Waals surface area contributed by atoms with Crippen molar-refractivity contribution < 1.29 is 32.2 Å². The van der Waals surface area contributed by atoms with E-state index in [0.29, 0.717) is 34.9 Å². The van der Waals surface area contributed by atoms with Gasteiger partial charge in [-0.25, -0.2) is 13.2 Å². The van der Waals surface area contributed by atoms with E-state index < -0.39 is 16.0 Å². The number of carbonyl (C=O) groups is 2. The predicted molar refractivity (Wildman–Crippen MR) is 132 cm³/mol. The SMILES string of the molecule is CCOc1ccc(C(C)=O)cc1COC(=O)c1ccc(S(=O)(=O)N(C)c2ccccc2OC)cc1. The van der Waals surface area contributed by atoms with Crippen molar-refractivity contribution in [3.63, 3.8) is 0 Å². The smallest absolute Gasteiger partial charge is 0.338 e. The van der Waals surface area contributed by atoms with E-state index in [1.807, 2.05) is 6.92 Å². The first-order valence-corrected chi connectivity index (χ1v) is 12.3. The molecule has 8 nitrogen and oxygen atoms in total. The molecule has 3 aromatic rings. The lowest BCUT2D eigenvalue weighted by molar-refractivity contribution is 0.0469. The Morgan fingerprint density at radius 3 is 2.20 bits per heavy atom. The third kappa shape index (κ3) is 5.81. The maximum atomic E-state index is 13.1. The molecule has 0 saturated carbocycles. The average Bonchev–Trinajstić information content (AvgIpc) is 2.87.